The molecule has 1 saturated carbocycles. The van der Waals surface area contributed by atoms with Gasteiger partial charge < -0.3 is 5.32 Å². The lowest BCUT2D eigenvalue weighted by Gasteiger charge is -2.31. The molecule has 13 heavy (non-hydrogen) atoms. The van der Waals surface area contributed by atoms with Gasteiger partial charge in [0.15, 0.2) is 0 Å². The number of nitrogens with one attached hydrogen (secondary N) is 1. The predicted octanol–water partition coefficient (Wildman–Crippen LogP) is 3.03. The van der Waals surface area contributed by atoms with Crippen LogP contribution in [-0.2, 0) is 0 Å². The van der Waals surface area contributed by atoms with Gasteiger partial charge in [-0.05, 0) is 43.7 Å². The minimum Gasteiger partial charge on any atom is -0.316 e. The molecule has 1 N–H and O–H groups in total. The molecular weight excluding hydrogens is 182 g/mol. The average molecular weight is 204 g/mol. The lowest BCUT2D eigenvalue weighted by atomic mass is 9.84. The molecule has 0 aromatic heterocycles. The van der Waals surface area contributed by atoms with Crippen LogP contribution < -0.4 is 5.32 Å². The number of alkyl halides is 1. The number of halogens is 1. The highest BCUT2D eigenvalue weighted by molar-refractivity contribution is 6.21. The summed E-state index contributed by atoms with van der Waals surface area (Å²) < 4.78 is 0. The molecule has 1 aliphatic carbocycles. The molecule has 0 spiro atoms. The zero-order valence-electron chi connectivity index (χ0n) is 9.07. The van der Waals surface area contributed by atoms with Gasteiger partial charge in [-0.25, -0.2) is 0 Å². The standard InChI is InChI=1S/C11H22ClN/c1-11(2,3)4-5-13-8-9-6-10(12)7-9/h9-10,13H,4-8H2,1-3H3. The Balaban J connectivity index is 1.90. The summed E-state index contributed by atoms with van der Waals surface area (Å²) in [6.45, 7) is 9.17. The van der Waals surface area contributed by atoms with Gasteiger partial charge in [-0.3, -0.25) is 0 Å². The maximum absolute atomic E-state index is 5.90. The summed E-state index contributed by atoms with van der Waals surface area (Å²) in [5, 5.41) is 3.97. The maximum Gasteiger partial charge on any atom is 0.0342 e. The normalized spacial score (nSPS) is 28.6. The Morgan fingerprint density at radius 1 is 1.31 bits per heavy atom. The number of hydrogen-bond acceptors (Lipinski definition) is 1. The van der Waals surface area contributed by atoms with Crippen LogP contribution in [0.5, 0.6) is 0 Å². The third-order valence-electron chi connectivity index (χ3n) is 2.66. The Morgan fingerprint density at radius 3 is 2.38 bits per heavy atom. The van der Waals surface area contributed by atoms with Crippen LogP contribution in [0.25, 0.3) is 0 Å². The first kappa shape index (κ1) is 11.3. The van der Waals surface area contributed by atoms with Crippen molar-refractivity contribution >= 4 is 11.6 Å². The largest absolute Gasteiger partial charge is 0.316 e. The third kappa shape index (κ3) is 4.87. The minimum absolute atomic E-state index is 0.460. The molecule has 1 fully saturated rings. The molecule has 0 unspecified atom stereocenters. The Kier molecular flexibility index (Phi) is 4.06. The quantitative estimate of drug-likeness (QED) is 0.547. The molecule has 0 heterocycles. The van der Waals surface area contributed by atoms with Crippen molar-refractivity contribution < 1.29 is 0 Å². The Hall–Kier alpha value is 0.250. The molecule has 0 amide bonds. The summed E-state index contributed by atoms with van der Waals surface area (Å²) >= 11 is 5.90. The zero-order chi connectivity index (χ0) is 9.90. The fourth-order valence-electron chi connectivity index (χ4n) is 1.59. The van der Waals surface area contributed by atoms with Crippen molar-refractivity contribution in [3.8, 4) is 0 Å². The highest BCUT2D eigenvalue weighted by atomic mass is 35.5. The van der Waals surface area contributed by atoms with Gasteiger partial charge >= 0.3 is 0 Å². The van der Waals surface area contributed by atoms with Crippen molar-refractivity contribution in [3.05, 3.63) is 0 Å². The highest BCUT2D eigenvalue weighted by Crippen LogP contribution is 2.31. The van der Waals surface area contributed by atoms with E-state index in [2.05, 4.69) is 26.1 Å². The van der Waals surface area contributed by atoms with E-state index in [1.165, 1.54) is 25.8 Å². The molecule has 78 valence electrons. The summed E-state index contributed by atoms with van der Waals surface area (Å²) in [5.74, 6) is 0.850. The molecule has 0 aromatic carbocycles. The molecule has 1 nitrogen and oxygen atoms in total. The average Bonchev–Trinajstić information content (AvgIpc) is 1.91. The predicted molar refractivity (Wildman–Crippen MR) is 59.3 cm³/mol. The molecule has 0 saturated heterocycles. The fourth-order valence-corrected chi connectivity index (χ4v) is 2.09. The molecule has 0 radical (unpaired) electrons. The molecule has 0 bridgehead atoms. The van der Waals surface area contributed by atoms with Gasteiger partial charge in [0.1, 0.15) is 0 Å². The Morgan fingerprint density at radius 2 is 1.92 bits per heavy atom. The van der Waals surface area contributed by atoms with E-state index >= 15 is 0 Å². The van der Waals surface area contributed by atoms with E-state index in [1.54, 1.807) is 0 Å². The smallest absolute Gasteiger partial charge is 0.0342 e. The first-order chi connectivity index (χ1) is 5.97. The van der Waals surface area contributed by atoms with E-state index in [4.69, 9.17) is 11.6 Å². The van der Waals surface area contributed by atoms with E-state index < -0.39 is 0 Å². The first-order valence-electron chi connectivity index (χ1n) is 5.32. The van der Waals surface area contributed by atoms with E-state index in [1.807, 2.05) is 0 Å². The van der Waals surface area contributed by atoms with Crippen LogP contribution in [0.2, 0.25) is 0 Å². The van der Waals surface area contributed by atoms with Gasteiger partial charge in [0.2, 0.25) is 0 Å². The van der Waals surface area contributed by atoms with Crippen molar-refractivity contribution in [2.24, 2.45) is 11.3 Å². The molecule has 1 aliphatic rings. The van der Waals surface area contributed by atoms with Crippen molar-refractivity contribution in [1.82, 2.24) is 5.32 Å². The molecule has 0 atom stereocenters. The Bertz CT molecular complexity index is 145. The number of hydrogen-bond donors (Lipinski definition) is 1. The van der Waals surface area contributed by atoms with Crippen LogP contribution in [0.15, 0.2) is 0 Å². The van der Waals surface area contributed by atoms with E-state index in [0.717, 1.165) is 12.5 Å². The molecular formula is C11H22ClN. The van der Waals surface area contributed by atoms with Gasteiger partial charge in [0.05, 0.1) is 0 Å². The second kappa shape index (κ2) is 4.65. The summed E-state index contributed by atoms with van der Waals surface area (Å²) in [4.78, 5) is 0. The molecule has 2 heteroatoms. The summed E-state index contributed by atoms with van der Waals surface area (Å²) in [6.07, 6.45) is 3.68. The van der Waals surface area contributed by atoms with Crippen molar-refractivity contribution in [1.29, 1.82) is 0 Å². The second-order valence-corrected chi connectivity index (χ2v) is 6.07. The van der Waals surface area contributed by atoms with Gasteiger partial charge in [-0.15, -0.1) is 11.6 Å². The van der Waals surface area contributed by atoms with Crippen LogP contribution >= 0.6 is 11.6 Å². The van der Waals surface area contributed by atoms with Crippen molar-refractivity contribution in [3.63, 3.8) is 0 Å². The van der Waals surface area contributed by atoms with Crippen molar-refractivity contribution in [2.75, 3.05) is 13.1 Å². The van der Waals surface area contributed by atoms with Gasteiger partial charge in [-0.2, -0.15) is 0 Å². The molecule has 0 aromatic rings. The fraction of sp³-hybridized carbons (Fsp3) is 1.00. The summed E-state index contributed by atoms with van der Waals surface area (Å²) in [7, 11) is 0. The third-order valence-corrected chi connectivity index (χ3v) is 3.02. The SMILES string of the molecule is CC(C)(C)CCNCC1CC(Cl)C1. The topological polar surface area (TPSA) is 12.0 Å². The van der Waals surface area contributed by atoms with Gasteiger partial charge in [-0.1, -0.05) is 20.8 Å². The summed E-state index contributed by atoms with van der Waals surface area (Å²) in [6, 6.07) is 0. The van der Waals surface area contributed by atoms with Gasteiger partial charge in [0.25, 0.3) is 0 Å². The van der Waals surface area contributed by atoms with Gasteiger partial charge in [0, 0.05) is 5.38 Å². The maximum atomic E-state index is 5.90. The minimum atomic E-state index is 0.460. The van der Waals surface area contributed by atoms with Crippen LogP contribution in [0.3, 0.4) is 0 Å². The Labute approximate surface area is 87.2 Å². The number of rotatable bonds is 4. The second-order valence-electron chi connectivity index (χ2n) is 5.45. The zero-order valence-corrected chi connectivity index (χ0v) is 9.82. The van der Waals surface area contributed by atoms with Crippen LogP contribution in [0, 0.1) is 11.3 Å². The van der Waals surface area contributed by atoms with Crippen LogP contribution in [0.4, 0.5) is 0 Å². The van der Waals surface area contributed by atoms with E-state index in [-0.39, 0.29) is 0 Å². The molecule has 1 rings (SSSR count). The first-order valence-corrected chi connectivity index (χ1v) is 5.76. The van der Waals surface area contributed by atoms with E-state index in [9.17, 15) is 0 Å². The van der Waals surface area contributed by atoms with Crippen LogP contribution in [-0.4, -0.2) is 18.5 Å². The monoisotopic (exact) mass is 203 g/mol. The lowest BCUT2D eigenvalue weighted by Crippen LogP contribution is -2.34. The van der Waals surface area contributed by atoms with E-state index in [0.29, 0.717) is 10.8 Å². The lowest BCUT2D eigenvalue weighted by molar-refractivity contribution is 0.295. The van der Waals surface area contributed by atoms with Crippen LogP contribution in [0.1, 0.15) is 40.0 Å². The summed E-state index contributed by atoms with van der Waals surface area (Å²) in [5.41, 5.74) is 0.460. The van der Waals surface area contributed by atoms with Crippen molar-refractivity contribution in [2.45, 2.75) is 45.4 Å². The molecule has 0 aliphatic heterocycles. The highest BCUT2D eigenvalue weighted by Gasteiger charge is 2.26.